The fourth-order valence-electron chi connectivity index (χ4n) is 1.35. The lowest BCUT2D eigenvalue weighted by molar-refractivity contribution is 0.630. The van der Waals surface area contributed by atoms with Gasteiger partial charge in [-0.25, -0.2) is 9.37 Å². The molecule has 17 heavy (non-hydrogen) atoms. The van der Waals surface area contributed by atoms with E-state index in [2.05, 4.69) is 20.9 Å². The first-order chi connectivity index (χ1) is 7.99. The molecule has 2 rings (SSSR count). The van der Waals surface area contributed by atoms with E-state index in [-0.39, 0.29) is 27.1 Å². The Morgan fingerprint density at radius 2 is 1.88 bits per heavy atom. The highest BCUT2D eigenvalue weighted by atomic mass is 79.9. The van der Waals surface area contributed by atoms with Crippen molar-refractivity contribution in [2.45, 2.75) is 0 Å². The molecule has 0 aliphatic rings. The van der Waals surface area contributed by atoms with E-state index in [0.717, 1.165) is 4.47 Å². The van der Waals surface area contributed by atoms with Crippen molar-refractivity contribution in [1.82, 2.24) is 4.98 Å². The summed E-state index contributed by atoms with van der Waals surface area (Å²) in [7, 11) is 0. The predicted octanol–water partition coefficient (Wildman–Crippen LogP) is 4.54. The Balaban J connectivity index is 2.68. The van der Waals surface area contributed by atoms with Gasteiger partial charge in [-0.3, -0.25) is 0 Å². The molecule has 0 saturated carbocycles. The molecular formula is C11H6BrCl2FN2. The minimum absolute atomic E-state index is 0.116. The zero-order chi connectivity index (χ0) is 12.6. The molecule has 0 spiro atoms. The zero-order valence-corrected chi connectivity index (χ0v) is 11.4. The summed E-state index contributed by atoms with van der Waals surface area (Å²) < 4.78 is 14.4. The first-order valence-corrected chi connectivity index (χ1v) is 6.11. The van der Waals surface area contributed by atoms with Gasteiger partial charge in [0.15, 0.2) is 0 Å². The molecular weight excluding hydrogens is 330 g/mol. The standard InChI is InChI=1S/C11H6BrCl2FN2/c12-5-1-2-9(15)6(3-5)10-7(13)4-8(14)11(16)17-10/h1-4H,(H2,16,17). The summed E-state index contributed by atoms with van der Waals surface area (Å²) >= 11 is 15.0. The molecule has 88 valence electrons. The van der Waals surface area contributed by atoms with Crippen LogP contribution in [0.5, 0.6) is 0 Å². The second-order valence-electron chi connectivity index (χ2n) is 3.31. The maximum absolute atomic E-state index is 13.7. The Morgan fingerprint density at radius 3 is 2.59 bits per heavy atom. The van der Waals surface area contributed by atoms with Crippen molar-refractivity contribution in [2.24, 2.45) is 0 Å². The van der Waals surface area contributed by atoms with Crippen LogP contribution in [-0.4, -0.2) is 4.98 Å². The lowest BCUT2D eigenvalue weighted by Crippen LogP contribution is -1.96. The van der Waals surface area contributed by atoms with E-state index in [1.54, 1.807) is 12.1 Å². The molecule has 0 unspecified atom stereocenters. The maximum Gasteiger partial charge on any atom is 0.143 e. The maximum atomic E-state index is 13.7. The molecule has 0 aliphatic heterocycles. The number of nitrogen functional groups attached to an aromatic ring is 1. The lowest BCUT2D eigenvalue weighted by atomic mass is 10.1. The highest BCUT2D eigenvalue weighted by molar-refractivity contribution is 9.10. The Bertz CT molecular complexity index is 590. The topological polar surface area (TPSA) is 38.9 Å². The number of halogens is 4. The summed E-state index contributed by atoms with van der Waals surface area (Å²) in [6, 6.07) is 5.94. The molecule has 2 N–H and O–H groups in total. The van der Waals surface area contributed by atoms with Gasteiger partial charge in [0.05, 0.1) is 15.7 Å². The van der Waals surface area contributed by atoms with Gasteiger partial charge in [-0.05, 0) is 24.3 Å². The van der Waals surface area contributed by atoms with Crippen molar-refractivity contribution in [3.05, 3.63) is 44.6 Å². The van der Waals surface area contributed by atoms with Gasteiger partial charge in [0, 0.05) is 10.0 Å². The van der Waals surface area contributed by atoms with Crippen molar-refractivity contribution in [3.8, 4) is 11.3 Å². The number of benzene rings is 1. The third-order valence-corrected chi connectivity index (χ3v) is 3.22. The molecule has 0 aliphatic carbocycles. The SMILES string of the molecule is Nc1nc(-c2cc(Br)ccc2F)c(Cl)cc1Cl. The van der Waals surface area contributed by atoms with Gasteiger partial charge in [0.2, 0.25) is 0 Å². The summed E-state index contributed by atoms with van der Waals surface area (Å²) in [6.45, 7) is 0. The number of rotatable bonds is 1. The van der Waals surface area contributed by atoms with E-state index < -0.39 is 5.82 Å². The average Bonchev–Trinajstić information content (AvgIpc) is 2.27. The number of anilines is 1. The molecule has 0 atom stereocenters. The smallest absolute Gasteiger partial charge is 0.143 e. The van der Waals surface area contributed by atoms with Crippen molar-refractivity contribution >= 4 is 44.9 Å². The largest absolute Gasteiger partial charge is 0.382 e. The van der Waals surface area contributed by atoms with Crippen molar-refractivity contribution < 1.29 is 4.39 Å². The van der Waals surface area contributed by atoms with Gasteiger partial charge in [0.25, 0.3) is 0 Å². The van der Waals surface area contributed by atoms with Crippen LogP contribution in [0.4, 0.5) is 10.2 Å². The highest BCUT2D eigenvalue weighted by Crippen LogP contribution is 2.33. The molecule has 0 radical (unpaired) electrons. The zero-order valence-electron chi connectivity index (χ0n) is 8.35. The van der Waals surface area contributed by atoms with Crippen LogP contribution in [0.25, 0.3) is 11.3 Å². The number of hydrogen-bond donors (Lipinski definition) is 1. The summed E-state index contributed by atoms with van der Waals surface area (Å²) in [4.78, 5) is 4.00. The van der Waals surface area contributed by atoms with Crippen LogP contribution in [0.1, 0.15) is 0 Å². The molecule has 1 aromatic carbocycles. The number of nitrogens with two attached hydrogens (primary N) is 1. The fraction of sp³-hybridized carbons (Fsp3) is 0. The van der Waals surface area contributed by atoms with E-state index in [1.165, 1.54) is 12.1 Å². The van der Waals surface area contributed by atoms with E-state index in [9.17, 15) is 4.39 Å². The van der Waals surface area contributed by atoms with Crippen LogP contribution in [0.2, 0.25) is 10.0 Å². The minimum atomic E-state index is -0.427. The van der Waals surface area contributed by atoms with Gasteiger partial charge in [-0.1, -0.05) is 39.1 Å². The third kappa shape index (κ3) is 2.54. The quantitative estimate of drug-likeness (QED) is 0.831. The van der Waals surface area contributed by atoms with Gasteiger partial charge in [-0.2, -0.15) is 0 Å². The lowest BCUT2D eigenvalue weighted by Gasteiger charge is -2.07. The highest BCUT2D eigenvalue weighted by Gasteiger charge is 2.13. The third-order valence-electron chi connectivity index (χ3n) is 2.14. The first kappa shape index (κ1) is 12.6. The summed E-state index contributed by atoms with van der Waals surface area (Å²) in [5.41, 5.74) is 6.12. The van der Waals surface area contributed by atoms with Gasteiger partial charge in [0.1, 0.15) is 11.6 Å². The Labute approximate surface area is 116 Å². The molecule has 2 aromatic rings. The monoisotopic (exact) mass is 334 g/mol. The molecule has 1 heterocycles. The average molecular weight is 336 g/mol. The number of nitrogens with zero attached hydrogens (tertiary/aromatic N) is 1. The molecule has 0 saturated heterocycles. The van der Waals surface area contributed by atoms with E-state index in [0.29, 0.717) is 0 Å². The van der Waals surface area contributed by atoms with Crippen molar-refractivity contribution in [2.75, 3.05) is 5.73 Å². The van der Waals surface area contributed by atoms with Gasteiger partial charge < -0.3 is 5.73 Å². The second-order valence-corrected chi connectivity index (χ2v) is 5.04. The van der Waals surface area contributed by atoms with Crippen LogP contribution in [0, 0.1) is 5.82 Å². The fourth-order valence-corrected chi connectivity index (χ4v) is 2.17. The number of hydrogen-bond acceptors (Lipinski definition) is 2. The summed E-state index contributed by atoms with van der Waals surface area (Å²) in [5.74, 6) is -0.310. The van der Waals surface area contributed by atoms with Gasteiger partial charge >= 0.3 is 0 Å². The van der Waals surface area contributed by atoms with E-state index in [1.807, 2.05) is 0 Å². The number of aromatic nitrogens is 1. The second kappa shape index (κ2) is 4.80. The molecule has 0 amide bonds. The summed E-state index contributed by atoms with van der Waals surface area (Å²) in [6.07, 6.45) is 0. The Hall–Kier alpha value is -0.840. The van der Waals surface area contributed by atoms with Crippen LogP contribution in [0.3, 0.4) is 0 Å². The van der Waals surface area contributed by atoms with Crippen LogP contribution in [0.15, 0.2) is 28.7 Å². The molecule has 2 nitrogen and oxygen atoms in total. The minimum Gasteiger partial charge on any atom is -0.382 e. The molecule has 1 aromatic heterocycles. The molecule has 0 bridgehead atoms. The van der Waals surface area contributed by atoms with Crippen molar-refractivity contribution in [3.63, 3.8) is 0 Å². The number of pyridine rings is 1. The van der Waals surface area contributed by atoms with Crippen molar-refractivity contribution in [1.29, 1.82) is 0 Å². The van der Waals surface area contributed by atoms with Gasteiger partial charge in [-0.15, -0.1) is 0 Å². The van der Waals surface area contributed by atoms with E-state index in [4.69, 9.17) is 28.9 Å². The predicted molar refractivity (Wildman–Crippen MR) is 71.8 cm³/mol. The van der Waals surface area contributed by atoms with E-state index >= 15 is 0 Å². The van der Waals surface area contributed by atoms with Crippen LogP contribution >= 0.6 is 39.1 Å². The van der Waals surface area contributed by atoms with Crippen LogP contribution < -0.4 is 5.73 Å². The Morgan fingerprint density at radius 1 is 1.18 bits per heavy atom. The first-order valence-electron chi connectivity index (χ1n) is 4.56. The molecule has 0 fully saturated rings. The normalized spacial score (nSPS) is 10.6. The summed E-state index contributed by atoms with van der Waals surface area (Å²) in [5, 5.41) is 0.496. The Kier molecular flexibility index (Phi) is 3.56. The molecule has 6 heteroatoms. The van der Waals surface area contributed by atoms with Crippen LogP contribution in [-0.2, 0) is 0 Å².